The second kappa shape index (κ2) is 8.93. The van der Waals surface area contributed by atoms with Crippen molar-refractivity contribution < 1.29 is 14.8 Å². The van der Waals surface area contributed by atoms with Crippen LogP contribution in [0, 0.1) is 0 Å². The van der Waals surface area contributed by atoms with E-state index in [9.17, 15) is 10.0 Å². The van der Waals surface area contributed by atoms with Crippen LogP contribution in [0.1, 0.15) is 31.7 Å². The zero-order valence-corrected chi connectivity index (χ0v) is 14.6. The standard InChI is InChI=1S/C19H22BClO3/c1-3-5-7-14(4-2)13-24-19-11-10-15(21)12-17(19)16-8-6-9-18(16)20(22)23/h3-5,7,10-12,22-23H,1,6,8-9,13H2,2H3/b7-5-,14-4+. The van der Waals surface area contributed by atoms with E-state index >= 15 is 0 Å². The zero-order chi connectivity index (χ0) is 17.5. The molecule has 1 aromatic carbocycles. The van der Waals surface area contributed by atoms with Crippen LogP contribution >= 0.6 is 11.6 Å². The van der Waals surface area contributed by atoms with Gasteiger partial charge in [0.25, 0.3) is 0 Å². The quantitative estimate of drug-likeness (QED) is 0.571. The van der Waals surface area contributed by atoms with Crippen molar-refractivity contribution in [3.63, 3.8) is 0 Å². The summed E-state index contributed by atoms with van der Waals surface area (Å²) in [5.74, 6) is 0.695. The van der Waals surface area contributed by atoms with Crippen molar-refractivity contribution >= 4 is 24.3 Å². The predicted molar refractivity (Wildman–Crippen MR) is 101 cm³/mol. The summed E-state index contributed by atoms with van der Waals surface area (Å²) in [6, 6.07) is 5.43. The molecule has 0 unspecified atom stereocenters. The lowest BCUT2D eigenvalue weighted by Crippen LogP contribution is -2.15. The van der Waals surface area contributed by atoms with E-state index in [1.807, 2.05) is 37.3 Å². The molecule has 0 spiro atoms. The van der Waals surface area contributed by atoms with Crippen LogP contribution in [0.25, 0.3) is 5.57 Å². The minimum atomic E-state index is -1.43. The lowest BCUT2D eigenvalue weighted by atomic mass is 9.75. The fourth-order valence-electron chi connectivity index (χ4n) is 2.80. The molecule has 0 heterocycles. The normalized spacial score (nSPS) is 15.2. The van der Waals surface area contributed by atoms with Gasteiger partial charge in [0.05, 0.1) is 0 Å². The fourth-order valence-corrected chi connectivity index (χ4v) is 2.98. The van der Waals surface area contributed by atoms with E-state index in [2.05, 4.69) is 6.58 Å². The Hall–Kier alpha value is -1.75. The molecule has 0 saturated carbocycles. The van der Waals surface area contributed by atoms with E-state index in [4.69, 9.17) is 16.3 Å². The number of benzene rings is 1. The second-order valence-corrected chi connectivity index (χ2v) is 6.06. The number of hydrogen-bond donors (Lipinski definition) is 2. The minimum Gasteiger partial charge on any atom is -0.488 e. The molecule has 2 N–H and O–H groups in total. The van der Waals surface area contributed by atoms with Gasteiger partial charge in [0.2, 0.25) is 0 Å². The Morgan fingerprint density at radius 3 is 2.83 bits per heavy atom. The third-order valence-corrected chi connectivity index (χ3v) is 4.29. The molecule has 5 heteroatoms. The highest BCUT2D eigenvalue weighted by molar-refractivity contribution is 6.52. The highest BCUT2D eigenvalue weighted by Gasteiger charge is 2.26. The summed E-state index contributed by atoms with van der Waals surface area (Å²) in [5.41, 5.74) is 3.44. The zero-order valence-electron chi connectivity index (χ0n) is 13.8. The first-order chi connectivity index (χ1) is 11.6. The fraction of sp³-hybridized carbons (Fsp3) is 0.263. The van der Waals surface area contributed by atoms with Crippen LogP contribution in [0.2, 0.25) is 5.02 Å². The first-order valence-corrected chi connectivity index (χ1v) is 8.39. The molecule has 0 aromatic heterocycles. The van der Waals surface area contributed by atoms with Crippen molar-refractivity contribution in [2.45, 2.75) is 26.2 Å². The minimum absolute atomic E-state index is 0.416. The monoisotopic (exact) mass is 344 g/mol. The third kappa shape index (κ3) is 4.63. The molecule has 1 aliphatic rings. The van der Waals surface area contributed by atoms with Gasteiger partial charge >= 0.3 is 7.12 Å². The number of hydrogen-bond acceptors (Lipinski definition) is 3. The molecule has 126 valence electrons. The molecule has 1 aromatic rings. The van der Waals surface area contributed by atoms with Gasteiger partial charge in [-0.25, -0.2) is 0 Å². The van der Waals surface area contributed by atoms with Crippen LogP contribution in [0.15, 0.2) is 60.1 Å². The smallest absolute Gasteiger partial charge is 0.484 e. The van der Waals surface area contributed by atoms with Gasteiger partial charge in [-0.3, -0.25) is 0 Å². The Morgan fingerprint density at radius 1 is 1.38 bits per heavy atom. The van der Waals surface area contributed by atoms with Gasteiger partial charge in [0, 0.05) is 10.6 Å². The summed E-state index contributed by atoms with van der Waals surface area (Å²) in [6.45, 7) is 6.03. The molecule has 0 aliphatic heterocycles. The Bertz CT molecular complexity index is 690. The maximum absolute atomic E-state index is 9.59. The molecule has 2 rings (SSSR count). The van der Waals surface area contributed by atoms with E-state index in [1.165, 1.54) is 0 Å². The van der Waals surface area contributed by atoms with Crippen LogP contribution in [0.3, 0.4) is 0 Å². The molecule has 0 bridgehead atoms. The molecule has 0 saturated heterocycles. The summed E-state index contributed by atoms with van der Waals surface area (Å²) in [7, 11) is -1.43. The summed E-state index contributed by atoms with van der Waals surface area (Å²) in [6.07, 6.45) is 9.87. The van der Waals surface area contributed by atoms with E-state index in [-0.39, 0.29) is 0 Å². The Labute approximate surface area is 148 Å². The van der Waals surface area contributed by atoms with Crippen molar-refractivity contribution in [1.29, 1.82) is 0 Å². The Kier molecular flexibility index (Phi) is 6.91. The maximum Gasteiger partial charge on any atom is 0.484 e. The first kappa shape index (κ1) is 18.6. The Morgan fingerprint density at radius 2 is 2.17 bits per heavy atom. The molecule has 24 heavy (non-hydrogen) atoms. The SMILES string of the molecule is C=C/C=C\C(=C/C)COc1ccc(Cl)cc1C1=C(B(O)O)CCC1. The topological polar surface area (TPSA) is 49.7 Å². The van der Waals surface area contributed by atoms with Gasteiger partial charge in [-0.15, -0.1) is 0 Å². The Balaban J connectivity index is 2.30. The number of ether oxygens (including phenoxy) is 1. The van der Waals surface area contributed by atoms with Gasteiger partial charge in [-0.2, -0.15) is 0 Å². The van der Waals surface area contributed by atoms with Crippen molar-refractivity contribution in [2.24, 2.45) is 0 Å². The average Bonchev–Trinajstić information content (AvgIpc) is 3.05. The van der Waals surface area contributed by atoms with Gasteiger partial charge in [-0.1, -0.05) is 42.5 Å². The van der Waals surface area contributed by atoms with Gasteiger partial charge in [0.15, 0.2) is 0 Å². The van der Waals surface area contributed by atoms with Crippen LogP contribution < -0.4 is 4.74 Å². The van der Waals surface area contributed by atoms with E-state index < -0.39 is 7.12 Å². The predicted octanol–water partition coefficient (Wildman–Crippen LogP) is 4.36. The highest BCUT2D eigenvalue weighted by atomic mass is 35.5. The molecule has 0 fully saturated rings. The lowest BCUT2D eigenvalue weighted by Gasteiger charge is -2.15. The maximum atomic E-state index is 9.59. The van der Waals surface area contributed by atoms with Crippen molar-refractivity contribution in [2.75, 3.05) is 6.61 Å². The van der Waals surface area contributed by atoms with E-state index in [0.29, 0.717) is 29.3 Å². The van der Waals surface area contributed by atoms with Crippen LogP contribution in [0.4, 0.5) is 0 Å². The van der Waals surface area contributed by atoms with Crippen molar-refractivity contribution in [3.05, 3.63) is 70.7 Å². The summed E-state index contributed by atoms with van der Waals surface area (Å²) in [5, 5.41) is 19.8. The second-order valence-electron chi connectivity index (χ2n) is 5.62. The number of halogens is 1. The molecule has 0 amide bonds. The summed E-state index contributed by atoms with van der Waals surface area (Å²) < 4.78 is 5.97. The first-order valence-electron chi connectivity index (χ1n) is 8.02. The molecule has 0 atom stereocenters. The average molecular weight is 345 g/mol. The third-order valence-electron chi connectivity index (χ3n) is 4.05. The van der Waals surface area contributed by atoms with E-state index in [0.717, 1.165) is 29.6 Å². The lowest BCUT2D eigenvalue weighted by molar-refractivity contribution is 0.354. The van der Waals surface area contributed by atoms with Gasteiger partial charge in [0.1, 0.15) is 12.4 Å². The molecule has 1 aliphatic carbocycles. The van der Waals surface area contributed by atoms with Crippen molar-refractivity contribution in [1.82, 2.24) is 0 Å². The van der Waals surface area contributed by atoms with Crippen LogP contribution in [-0.2, 0) is 0 Å². The van der Waals surface area contributed by atoms with Gasteiger partial charge in [-0.05, 0) is 61.0 Å². The molecule has 0 radical (unpaired) electrons. The molecular weight excluding hydrogens is 322 g/mol. The summed E-state index contributed by atoms with van der Waals surface area (Å²) >= 11 is 6.14. The largest absolute Gasteiger partial charge is 0.488 e. The molecule has 3 nitrogen and oxygen atoms in total. The van der Waals surface area contributed by atoms with E-state index in [1.54, 1.807) is 12.1 Å². The highest BCUT2D eigenvalue weighted by Crippen LogP contribution is 2.39. The summed E-state index contributed by atoms with van der Waals surface area (Å²) in [4.78, 5) is 0. The number of allylic oxidation sites excluding steroid dienone is 5. The van der Waals surface area contributed by atoms with Crippen LogP contribution in [-0.4, -0.2) is 23.8 Å². The number of rotatable bonds is 7. The molecular formula is C19H22BClO3. The van der Waals surface area contributed by atoms with Crippen molar-refractivity contribution in [3.8, 4) is 5.75 Å². The van der Waals surface area contributed by atoms with Gasteiger partial charge < -0.3 is 14.8 Å². The van der Waals surface area contributed by atoms with Crippen LogP contribution in [0.5, 0.6) is 5.75 Å².